The van der Waals surface area contributed by atoms with Crippen LogP contribution in [0.15, 0.2) is 59.8 Å². The number of hydrogen-bond donors (Lipinski definition) is 1. The third-order valence-electron chi connectivity index (χ3n) is 5.95. The van der Waals surface area contributed by atoms with Crippen LogP contribution in [0.1, 0.15) is 31.8 Å². The third-order valence-corrected chi connectivity index (χ3v) is 7.87. The highest BCUT2D eigenvalue weighted by molar-refractivity contribution is 7.98. The maximum Gasteiger partial charge on any atom is 0.207 e. The van der Waals surface area contributed by atoms with Crippen molar-refractivity contribution in [1.82, 2.24) is 15.3 Å². The SMILES string of the molecule is CSc1ccc(CNC=O)cc1.Cc1ccc(-c2cc3ncnc(N4CCCCC4)c3s2)cc1F.[HH]. The summed E-state index contributed by atoms with van der Waals surface area (Å²) in [5.41, 5.74) is 3.64. The van der Waals surface area contributed by atoms with E-state index in [0.717, 1.165) is 45.1 Å². The van der Waals surface area contributed by atoms with Gasteiger partial charge in [0.25, 0.3) is 0 Å². The number of aryl methyl sites for hydroxylation is 1. The van der Waals surface area contributed by atoms with E-state index >= 15 is 0 Å². The maximum absolute atomic E-state index is 13.9. The molecule has 8 heteroatoms. The minimum absolute atomic E-state index is 0. The molecule has 0 radical (unpaired) electrons. The molecule has 5 nitrogen and oxygen atoms in total. The summed E-state index contributed by atoms with van der Waals surface area (Å²) in [6.07, 6.45) is 8.11. The van der Waals surface area contributed by atoms with E-state index in [-0.39, 0.29) is 7.24 Å². The number of hydrogen-bond acceptors (Lipinski definition) is 6. The van der Waals surface area contributed by atoms with Gasteiger partial charge in [0.1, 0.15) is 18.0 Å². The molecule has 1 aliphatic heterocycles. The van der Waals surface area contributed by atoms with Crippen LogP contribution in [0, 0.1) is 12.7 Å². The fraction of sp³-hybridized carbons (Fsp3) is 0.296. The number of rotatable bonds is 6. The molecule has 2 aromatic heterocycles. The highest BCUT2D eigenvalue weighted by Crippen LogP contribution is 2.37. The first-order valence-corrected chi connectivity index (χ1v) is 13.7. The number of amides is 1. The zero-order chi connectivity index (χ0) is 24.6. The molecule has 3 heterocycles. The Hall–Kier alpha value is -2.97. The lowest BCUT2D eigenvalue weighted by molar-refractivity contribution is -0.109. The minimum atomic E-state index is -0.165. The van der Waals surface area contributed by atoms with Crippen LogP contribution in [-0.2, 0) is 11.3 Å². The molecule has 0 atom stereocenters. The fourth-order valence-electron chi connectivity index (χ4n) is 3.96. The van der Waals surface area contributed by atoms with E-state index in [9.17, 15) is 9.18 Å². The lowest BCUT2D eigenvalue weighted by Crippen LogP contribution is -2.30. The average molecular weight is 511 g/mol. The Bertz CT molecular complexity index is 1280. The van der Waals surface area contributed by atoms with Crippen LogP contribution in [0.25, 0.3) is 20.7 Å². The van der Waals surface area contributed by atoms with Crippen molar-refractivity contribution in [3.05, 3.63) is 71.8 Å². The third kappa shape index (κ3) is 6.38. The fourth-order valence-corrected chi connectivity index (χ4v) is 5.50. The smallest absolute Gasteiger partial charge is 0.207 e. The normalized spacial score (nSPS) is 13.3. The molecular formula is C27H31FN4OS2. The Labute approximate surface area is 215 Å². The van der Waals surface area contributed by atoms with Crippen LogP contribution < -0.4 is 10.2 Å². The van der Waals surface area contributed by atoms with Gasteiger partial charge >= 0.3 is 0 Å². The quantitative estimate of drug-likeness (QED) is 0.231. The van der Waals surface area contributed by atoms with Gasteiger partial charge in [-0.3, -0.25) is 4.79 Å². The van der Waals surface area contributed by atoms with Crippen molar-refractivity contribution < 1.29 is 10.6 Å². The molecule has 1 fully saturated rings. The zero-order valence-electron chi connectivity index (χ0n) is 20.0. The van der Waals surface area contributed by atoms with Crippen molar-refractivity contribution in [2.45, 2.75) is 37.6 Å². The highest BCUT2D eigenvalue weighted by atomic mass is 32.2. The Morgan fingerprint density at radius 2 is 1.89 bits per heavy atom. The van der Waals surface area contributed by atoms with Crippen LogP contribution in [0.4, 0.5) is 10.2 Å². The van der Waals surface area contributed by atoms with Crippen molar-refractivity contribution in [1.29, 1.82) is 0 Å². The molecule has 184 valence electrons. The summed E-state index contributed by atoms with van der Waals surface area (Å²) in [6.45, 7) is 4.50. The van der Waals surface area contributed by atoms with E-state index in [1.807, 2.05) is 48.7 Å². The Morgan fingerprint density at radius 1 is 1.11 bits per heavy atom. The van der Waals surface area contributed by atoms with Crippen LogP contribution in [0.5, 0.6) is 0 Å². The van der Waals surface area contributed by atoms with Crippen molar-refractivity contribution in [3.8, 4) is 10.4 Å². The molecule has 0 bridgehead atoms. The van der Waals surface area contributed by atoms with Gasteiger partial charge in [0.2, 0.25) is 6.41 Å². The van der Waals surface area contributed by atoms with E-state index in [2.05, 4.69) is 20.2 Å². The lowest BCUT2D eigenvalue weighted by Gasteiger charge is -2.27. The van der Waals surface area contributed by atoms with Crippen LogP contribution in [-0.4, -0.2) is 35.7 Å². The molecule has 35 heavy (non-hydrogen) atoms. The van der Waals surface area contributed by atoms with Crippen molar-refractivity contribution in [2.24, 2.45) is 0 Å². The van der Waals surface area contributed by atoms with E-state index in [4.69, 9.17) is 0 Å². The van der Waals surface area contributed by atoms with Crippen LogP contribution in [0.2, 0.25) is 0 Å². The maximum atomic E-state index is 13.9. The summed E-state index contributed by atoms with van der Waals surface area (Å²) in [4.78, 5) is 23.5. The number of nitrogens with one attached hydrogen (secondary N) is 1. The van der Waals surface area contributed by atoms with E-state index < -0.39 is 0 Å². The number of piperidine rings is 1. The largest absolute Gasteiger partial charge is 0.355 e. The van der Waals surface area contributed by atoms with Gasteiger partial charge in [-0.25, -0.2) is 14.4 Å². The topological polar surface area (TPSA) is 58.1 Å². The molecule has 1 aliphatic rings. The Morgan fingerprint density at radius 3 is 2.57 bits per heavy atom. The second-order valence-electron chi connectivity index (χ2n) is 8.38. The summed E-state index contributed by atoms with van der Waals surface area (Å²) in [5.74, 6) is 0.862. The number of anilines is 1. The van der Waals surface area contributed by atoms with Gasteiger partial charge in [-0.05, 0) is 73.4 Å². The predicted octanol–water partition coefficient (Wildman–Crippen LogP) is 6.70. The zero-order valence-corrected chi connectivity index (χ0v) is 21.6. The first kappa shape index (κ1) is 25.1. The first-order chi connectivity index (χ1) is 17.1. The molecule has 1 amide bonds. The molecule has 5 rings (SSSR count). The lowest BCUT2D eigenvalue weighted by atomic mass is 10.1. The number of fused-ring (bicyclic) bond motifs is 1. The molecule has 2 aromatic carbocycles. The van der Waals surface area contributed by atoms with Gasteiger partial charge in [-0.15, -0.1) is 23.1 Å². The number of benzene rings is 2. The minimum Gasteiger partial charge on any atom is -0.355 e. The number of halogens is 1. The first-order valence-electron chi connectivity index (χ1n) is 11.6. The van der Waals surface area contributed by atoms with E-state index in [1.165, 1.54) is 24.2 Å². The number of aromatic nitrogens is 2. The number of thioether (sulfide) groups is 1. The second kappa shape index (κ2) is 12.1. The number of thiophene rings is 1. The monoisotopic (exact) mass is 510 g/mol. The van der Waals surface area contributed by atoms with Crippen molar-refractivity contribution >= 4 is 45.5 Å². The van der Waals surface area contributed by atoms with Crippen molar-refractivity contribution in [2.75, 3.05) is 24.2 Å². The molecule has 0 unspecified atom stereocenters. The number of carbonyl (C=O) groups is 1. The molecule has 4 aromatic rings. The van der Waals surface area contributed by atoms with E-state index in [1.54, 1.807) is 42.4 Å². The van der Waals surface area contributed by atoms with E-state index in [0.29, 0.717) is 18.5 Å². The van der Waals surface area contributed by atoms with Gasteiger partial charge in [0, 0.05) is 30.8 Å². The molecule has 0 saturated carbocycles. The molecule has 0 aliphatic carbocycles. The number of nitrogens with zero attached hydrogens (tertiary/aromatic N) is 3. The van der Waals surface area contributed by atoms with Gasteiger partial charge in [0.05, 0.1) is 10.2 Å². The molecule has 1 N–H and O–H groups in total. The molecular weight excluding hydrogens is 479 g/mol. The summed E-state index contributed by atoms with van der Waals surface area (Å²) in [7, 11) is 0. The standard InChI is InChI=1S/C18H18FN3S.C9H11NOS.H2/c1-12-5-6-13(9-14(12)19)16-10-15-17(23-16)18(21-11-20-15)22-7-3-2-4-8-22;1-12-9-4-2-8(3-5-9)6-10-7-11;/h5-6,9-11H,2-4,7-8H2,1H3;2-5,7H,6H2,1H3,(H,10,11);1H. The Balaban J connectivity index is 0.000000237. The van der Waals surface area contributed by atoms with Gasteiger partial charge < -0.3 is 10.2 Å². The van der Waals surface area contributed by atoms with Gasteiger partial charge in [-0.2, -0.15) is 0 Å². The summed E-state index contributed by atoms with van der Waals surface area (Å²) in [5, 5.41) is 2.61. The highest BCUT2D eigenvalue weighted by Gasteiger charge is 2.18. The Kier molecular flexibility index (Phi) is 8.71. The summed E-state index contributed by atoms with van der Waals surface area (Å²) < 4.78 is 15.0. The van der Waals surface area contributed by atoms with Crippen molar-refractivity contribution in [3.63, 3.8) is 0 Å². The van der Waals surface area contributed by atoms with Gasteiger partial charge in [-0.1, -0.05) is 24.3 Å². The second-order valence-corrected chi connectivity index (χ2v) is 10.3. The number of carbonyl (C=O) groups excluding carboxylic acids is 1. The average Bonchev–Trinajstić information content (AvgIpc) is 3.35. The van der Waals surface area contributed by atoms with Crippen LogP contribution in [0.3, 0.4) is 0 Å². The van der Waals surface area contributed by atoms with Gasteiger partial charge in [0.15, 0.2) is 0 Å². The molecule has 1 saturated heterocycles. The summed E-state index contributed by atoms with van der Waals surface area (Å²) >= 11 is 3.36. The predicted molar refractivity (Wildman–Crippen MR) is 147 cm³/mol. The van der Waals surface area contributed by atoms with Crippen LogP contribution >= 0.6 is 23.1 Å². The summed E-state index contributed by atoms with van der Waals surface area (Å²) in [6, 6.07) is 15.6. The molecule has 0 spiro atoms.